The van der Waals surface area contributed by atoms with Gasteiger partial charge in [0.1, 0.15) is 10.8 Å². The number of likely N-dealkylation sites (tertiary alicyclic amines) is 1. The van der Waals surface area contributed by atoms with Crippen LogP contribution in [-0.4, -0.2) is 40.1 Å². The number of aromatic nitrogens is 2. The van der Waals surface area contributed by atoms with Gasteiger partial charge < -0.3 is 15.5 Å². The summed E-state index contributed by atoms with van der Waals surface area (Å²) in [5, 5.41) is 15.0. The van der Waals surface area contributed by atoms with Gasteiger partial charge in [-0.2, -0.15) is 0 Å². The fourth-order valence-corrected chi connectivity index (χ4v) is 4.34. The van der Waals surface area contributed by atoms with Gasteiger partial charge in [-0.15, -0.1) is 10.2 Å². The number of carbonyl (C=O) groups is 2. The lowest BCUT2D eigenvalue weighted by molar-refractivity contribution is 0.102. The van der Waals surface area contributed by atoms with Gasteiger partial charge in [-0.3, -0.25) is 4.79 Å². The Kier molecular flexibility index (Phi) is 6.22. The normalized spacial score (nSPS) is 16.1. The highest BCUT2D eigenvalue weighted by Crippen LogP contribution is 2.30. The number of urea groups is 1. The number of nitrogens with zero attached hydrogens (tertiary/aromatic N) is 3. The SMILES string of the molecule is Cc1ccccc1NC(=O)c1nnc([C@H]2CCCN(C(=O)Nc3ccc(F)cc3)C2)s1. The van der Waals surface area contributed by atoms with Gasteiger partial charge in [0, 0.05) is 30.4 Å². The predicted octanol–water partition coefficient (Wildman–Crippen LogP) is 4.65. The molecule has 2 heterocycles. The summed E-state index contributed by atoms with van der Waals surface area (Å²) in [6.07, 6.45) is 1.69. The molecule has 0 spiro atoms. The maximum Gasteiger partial charge on any atom is 0.321 e. The van der Waals surface area contributed by atoms with Crippen molar-refractivity contribution < 1.29 is 14.0 Å². The first-order chi connectivity index (χ1) is 15.0. The minimum absolute atomic E-state index is 0.0187. The fraction of sp³-hybridized carbons (Fsp3) is 0.273. The first kappa shape index (κ1) is 20.9. The quantitative estimate of drug-likeness (QED) is 0.620. The van der Waals surface area contributed by atoms with Crippen molar-refractivity contribution in [2.45, 2.75) is 25.7 Å². The molecule has 0 aliphatic carbocycles. The molecule has 0 radical (unpaired) electrons. The molecule has 3 amide bonds. The number of benzene rings is 2. The number of anilines is 2. The van der Waals surface area contributed by atoms with Crippen molar-refractivity contribution in [1.29, 1.82) is 0 Å². The summed E-state index contributed by atoms with van der Waals surface area (Å²) in [6.45, 7) is 3.04. The maximum atomic E-state index is 13.1. The lowest BCUT2D eigenvalue weighted by Crippen LogP contribution is -2.41. The summed E-state index contributed by atoms with van der Waals surface area (Å²) in [7, 11) is 0. The molecule has 0 unspecified atom stereocenters. The maximum absolute atomic E-state index is 13.1. The molecule has 1 atom stereocenters. The molecule has 2 N–H and O–H groups in total. The molecule has 1 saturated heterocycles. The van der Waals surface area contributed by atoms with Crippen LogP contribution in [0.3, 0.4) is 0 Å². The number of rotatable bonds is 4. The van der Waals surface area contributed by atoms with E-state index in [9.17, 15) is 14.0 Å². The standard InChI is InChI=1S/C22H22FN5O2S/c1-14-5-2-3-7-18(14)25-19(29)21-27-26-20(31-21)15-6-4-12-28(13-15)22(30)24-17-10-8-16(23)9-11-17/h2-3,5,7-11,15H,4,6,12-13H2,1H3,(H,24,30)(H,25,29)/t15-/m0/s1. The van der Waals surface area contributed by atoms with E-state index in [1.54, 1.807) is 4.90 Å². The molecule has 2 aromatic carbocycles. The second-order valence-electron chi connectivity index (χ2n) is 7.44. The molecule has 9 heteroatoms. The van der Waals surface area contributed by atoms with E-state index in [0.29, 0.717) is 23.8 Å². The molecule has 4 rings (SSSR count). The van der Waals surface area contributed by atoms with Gasteiger partial charge in [0.15, 0.2) is 0 Å². The largest absolute Gasteiger partial charge is 0.324 e. The number of aryl methyl sites for hydroxylation is 1. The molecule has 3 aromatic rings. The second kappa shape index (κ2) is 9.22. The van der Waals surface area contributed by atoms with Gasteiger partial charge in [0.2, 0.25) is 5.01 Å². The number of carbonyl (C=O) groups excluding carboxylic acids is 2. The van der Waals surface area contributed by atoms with E-state index in [4.69, 9.17) is 0 Å². The third kappa shape index (κ3) is 5.05. The van der Waals surface area contributed by atoms with Crippen LogP contribution in [0, 0.1) is 12.7 Å². The summed E-state index contributed by atoms with van der Waals surface area (Å²) in [5.74, 6) is -0.625. The molecular weight excluding hydrogens is 417 g/mol. The molecule has 1 aliphatic rings. The number of nitrogens with one attached hydrogen (secondary N) is 2. The van der Waals surface area contributed by atoms with Crippen LogP contribution in [0.1, 0.15) is 39.1 Å². The van der Waals surface area contributed by atoms with Gasteiger partial charge in [0.05, 0.1) is 0 Å². The topological polar surface area (TPSA) is 87.2 Å². The fourth-order valence-electron chi connectivity index (χ4n) is 3.48. The number of piperidine rings is 1. The number of hydrogen-bond donors (Lipinski definition) is 2. The zero-order valence-corrected chi connectivity index (χ0v) is 17.8. The van der Waals surface area contributed by atoms with Crippen LogP contribution in [0.2, 0.25) is 0 Å². The summed E-state index contributed by atoms with van der Waals surface area (Å²) in [5.41, 5.74) is 2.25. The molecule has 31 heavy (non-hydrogen) atoms. The summed E-state index contributed by atoms with van der Waals surface area (Å²) in [4.78, 5) is 26.9. The van der Waals surface area contributed by atoms with Crippen molar-refractivity contribution >= 4 is 34.6 Å². The van der Waals surface area contributed by atoms with Gasteiger partial charge in [-0.05, 0) is 55.7 Å². The van der Waals surface area contributed by atoms with E-state index in [1.165, 1.54) is 35.6 Å². The van der Waals surface area contributed by atoms with Crippen molar-refractivity contribution in [3.8, 4) is 0 Å². The molecule has 1 fully saturated rings. The van der Waals surface area contributed by atoms with Gasteiger partial charge in [-0.1, -0.05) is 29.5 Å². The second-order valence-corrected chi connectivity index (χ2v) is 8.45. The van der Waals surface area contributed by atoms with E-state index >= 15 is 0 Å². The lowest BCUT2D eigenvalue weighted by Gasteiger charge is -2.31. The number of amides is 3. The van der Waals surface area contributed by atoms with E-state index in [0.717, 1.165) is 29.1 Å². The van der Waals surface area contributed by atoms with Crippen molar-refractivity contribution in [3.05, 3.63) is 69.9 Å². The predicted molar refractivity (Wildman–Crippen MR) is 118 cm³/mol. The summed E-state index contributed by atoms with van der Waals surface area (Å²) >= 11 is 1.26. The summed E-state index contributed by atoms with van der Waals surface area (Å²) in [6, 6.07) is 13.0. The monoisotopic (exact) mass is 439 g/mol. The van der Waals surface area contributed by atoms with E-state index < -0.39 is 0 Å². The molecule has 1 aromatic heterocycles. The summed E-state index contributed by atoms with van der Waals surface area (Å²) < 4.78 is 13.1. The lowest BCUT2D eigenvalue weighted by atomic mass is 9.99. The molecular formula is C22H22FN5O2S. The zero-order valence-electron chi connectivity index (χ0n) is 17.0. The molecule has 7 nitrogen and oxygen atoms in total. The average Bonchev–Trinajstić information content (AvgIpc) is 3.28. The highest BCUT2D eigenvalue weighted by Gasteiger charge is 2.28. The highest BCUT2D eigenvalue weighted by atomic mass is 32.1. The van der Waals surface area contributed by atoms with E-state index in [-0.39, 0.29) is 23.7 Å². The van der Waals surface area contributed by atoms with Crippen LogP contribution in [0.15, 0.2) is 48.5 Å². The average molecular weight is 440 g/mol. The van der Waals surface area contributed by atoms with Crippen molar-refractivity contribution in [2.24, 2.45) is 0 Å². The Morgan fingerprint density at radius 1 is 1.10 bits per heavy atom. The van der Waals surface area contributed by atoms with Crippen molar-refractivity contribution in [2.75, 3.05) is 23.7 Å². The van der Waals surface area contributed by atoms with Crippen LogP contribution in [0.5, 0.6) is 0 Å². The van der Waals surface area contributed by atoms with Gasteiger partial charge in [0.25, 0.3) is 5.91 Å². The van der Waals surface area contributed by atoms with E-state index in [2.05, 4.69) is 20.8 Å². The van der Waals surface area contributed by atoms with Gasteiger partial charge >= 0.3 is 6.03 Å². The first-order valence-corrected chi connectivity index (χ1v) is 10.8. The van der Waals surface area contributed by atoms with Crippen LogP contribution < -0.4 is 10.6 Å². The zero-order chi connectivity index (χ0) is 21.8. The Hall–Kier alpha value is -3.33. The Bertz CT molecular complexity index is 1090. The Labute approximate surface area is 183 Å². The van der Waals surface area contributed by atoms with Crippen LogP contribution in [0.4, 0.5) is 20.6 Å². The molecule has 1 aliphatic heterocycles. The van der Waals surface area contributed by atoms with Crippen LogP contribution >= 0.6 is 11.3 Å². The Morgan fingerprint density at radius 3 is 2.65 bits per heavy atom. The number of para-hydroxylation sites is 1. The third-order valence-electron chi connectivity index (χ3n) is 5.18. The highest BCUT2D eigenvalue weighted by molar-refractivity contribution is 7.13. The number of halogens is 1. The van der Waals surface area contributed by atoms with Crippen molar-refractivity contribution in [3.63, 3.8) is 0 Å². The van der Waals surface area contributed by atoms with Crippen molar-refractivity contribution in [1.82, 2.24) is 15.1 Å². The molecule has 0 bridgehead atoms. The Morgan fingerprint density at radius 2 is 1.87 bits per heavy atom. The third-order valence-corrected chi connectivity index (χ3v) is 6.27. The smallest absolute Gasteiger partial charge is 0.321 e. The molecule has 0 saturated carbocycles. The minimum Gasteiger partial charge on any atom is -0.324 e. The molecule has 160 valence electrons. The van der Waals surface area contributed by atoms with Crippen LogP contribution in [0.25, 0.3) is 0 Å². The van der Waals surface area contributed by atoms with Gasteiger partial charge in [-0.25, -0.2) is 9.18 Å². The van der Waals surface area contributed by atoms with E-state index in [1.807, 2.05) is 31.2 Å². The Balaban J connectivity index is 1.39. The number of hydrogen-bond acceptors (Lipinski definition) is 5. The first-order valence-electron chi connectivity index (χ1n) is 10.0. The minimum atomic E-state index is -0.352. The van der Waals surface area contributed by atoms with Crippen LogP contribution in [-0.2, 0) is 0 Å².